The lowest BCUT2D eigenvalue weighted by Gasteiger charge is -2.38. The average molecular weight is 394 g/mol. The molecule has 1 aliphatic heterocycles. The highest BCUT2D eigenvalue weighted by Gasteiger charge is 2.49. The Labute approximate surface area is 158 Å². The van der Waals surface area contributed by atoms with Crippen LogP contribution in [0, 0.1) is 11.6 Å². The van der Waals surface area contributed by atoms with Gasteiger partial charge < -0.3 is 11.1 Å². The van der Waals surface area contributed by atoms with E-state index in [0.29, 0.717) is 0 Å². The zero-order valence-electron chi connectivity index (χ0n) is 15.1. The van der Waals surface area contributed by atoms with Crippen LogP contribution in [0.25, 0.3) is 0 Å². The minimum Gasteiger partial charge on any atom is -0.385 e. The Morgan fingerprint density at radius 3 is 2.61 bits per heavy atom. The number of halogens is 4. The summed E-state index contributed by atoms with van der Waals surface area (Å²) in [6.45, 7) is 2.42. The molecule has 0 saturated heterocycles. The van der Waals surface area contributed by atoms with E-state index in [1.165, 1.54) is 25.1 Å². The Bertz CT molecular complexity index is 945. The number of carbonyl (C=O) groups is 1. The molecule has 1 amide bonds. The minimum atomic E-state index is -2.13. The van der Waals surface area contributed by atoms with Crippen molar-refractivity contribution in [1.82, 2.24) is 4.98 Å². The number of aromatic nitrogens is 1. The molecule has 0 unspecified atom stereocenters. The molecule has 1 aromatic carbocycles. The van der Waals surface area contributed by atoms with Crippen LogP contribution in [0.2, 0.25) is 0 Å². The fraction of sp³-hybridized carbons (Fsp3) is 0.316. The molecule has 0 radical (unpaired) electrons. The summed E-state index contributed by atoms with van der Waals surface area (Å²) in [5.74, 6) is -2.46. The van der Waals surface area contributed by atoms with E-state index in [1.807, 2.05) is 0 Å². The molecule has 0 aliphatic carbocycles. The molecule has 0 saturated carbocycles. The number of amides is 1. The van der Waals surface area contributed by atoms with Gasteiger partial charge in [-0.05, 0) is 44.2 Å². The minimum absolute atomic E-state index is 0.0602. The second-order valence-electron chi connectivity index (χ2n) is 7.02. The summed E-state index contributed by atoms with van der Waals surface area (Å²) in [6, 6.07) is 5.77. The third-order valence-corrected chi connectivity index (χ3v) is 4.79. The second kappa shape index (κ2) is 6.88. The third-order valence-electron chi connectivity index (χ3n) is 4.79. The molecule has 9 heteroatoms. The lowest BCUT2D eigenvalue weighted by molar-refractivity contribution is 0.102. The van der Waals surface area contributed by atoms with Gasteiger partial charge in [0.1, 0.15) is 34.9 Å². The van der Waals surface area contributed by atoms with Crippen LogP contribution in [0.5, 0.6) is 0 Å². The van der Waals surface area contributed by atoms with Gasteiger partial charge in [-0.2, -0.15) is 0 Å². The zero-order valence-corrected chi connectivity index (χ0v) is 15.1. The van der Waals surface area contributed by atoms with Gasteiger partial charge in [0.25, 0.3) is 5.91 Å². The van der Waals surface area contributed by atoms with Crippen molar-refractivity contribution in [3.63, 3.8) is 0 Å². The zero-order chi connectivity index (χ0) is 20.7. The van der Waals surface area contributed by atoms with Gasteiger partial charge in [0, 0.05) is 17.7 Å². The summed E-state index contributed by atoms with van der Waals surface area (Å²) in [6.07, 6.45) is -1.53. The van der Waals surface area contributed by atoms with Crippen molar-refractivity contribution in [3.05, 3.63) is 59.4 Å². The van der Waals surface area contributed by atoms with Crippen LogP contribution in [0.3, 0.4) is 0 Å². The molecule has 0 fully saturated rings. The molecule has 1 aliphatic rings. The Kier molecular flexibility index (Phi) is 4.86. The number of carbonyl (C=O) groups excluding carboxylic acids is 1. The Morgan fingerprint density at radius 1 is 1.25 bits per heavy atom. The highest BCUT2D eigenvalue weighted by Crippen LogP contribution is 2.42. The van der Waals surface area contributed by atoms with Crippen molar-refractivity contribution in [2.24, 2.45) is 10.7 Å². The molecule has 3 N–H and O–H groups in total. The van der Waals surface area contributed by atoms with Gasteiger partial charge in [-0.1, -0.05) is 0 Å². The number of nitrogens with zero attached hydrogens (tertiary/aromatic N) is 2. The van der Waals surface area contributed by atoms with Crippen molar-refractivity contribution in [1.29, 1.82) is 0 Å². The quantitative estimate of drug-likeness (QED) is 0.780. The van der Waals surface area contributed by atoms with Gasteiger partial charge in [-0.3, -0.25) is 9.79 Å². The average Bonchev–Trinajstić information content (AvgIpc) is 2.62. The molecule has 0 spiro atoms. The number of hydrogen-bond donors (Lipinski definition) is 2. The predicted octanol–water partition coefficient (Wildman–Crippen LogP) is 3.65. The number of hydrogen-bond acceptors (Lipinski definition) is 4. The van der Waals surface area contributed by atoms with Crippen LogP contribution in [0.1, 0.15) is 36.3 Å². The van der Waals surface area contributed by atoms with Crippen molar-refractivity contribution in [2.75, 3.05) is 5.32 Å². The number of amidine groups is 1. The summed E-state index contributed by atoms with van der Waals surface area (Å²) >= 11 is 0. The standard InChI is InChI=1S/C19H18F4N4O/c1-18(23)8-15(22)19(2,27-17(18)24)12-7-11(4-5-13(12)21)26-16(28)14-6-3-10(20)9-25-14/h3-7,9,15H,8H2,1-2H3,(H2,24,27)(H,26,28)/t15-,18+,19+/m0/s1. The molecular formula is C19H18F4N4O. The van der Waals surface area contributed by atoms with Crippen molar-refractivity contribution < 1.29 is 22.4 Å². The molecule has 0 bridgehead atoms. The van der Waals surface area contributed by atoms with Crippen LogP contribution in [0.15, 0.2) is 41.5 Å². The Hall–Kier alpha value is -2.97. The van der Waals surface area contributed by atoms with E-state index in [0.717, 1.165) is 25.3 Å². The summed E-state index contributed by atoms with van der Waals surface area (Å²) in [5.41, 5.74) is 1.64. The van der Waals surface area contributed by atoms with Gasteiger partial charge in [-0.15, -0.1) is 0 Å². The smallest absolute Gasteiger partial charge is 0.274 e. The molecule has 3 atom stereocenters. The van der Waals surface area contributed by atoms with Crippen LogP contribution >= 0.6 is 0 Å². The lowest BCUT2D eigenvalue weighted by atomic mass is 9.79. The number of alkyl halides is 2. The lowest BCUT2D eigenvalue weighted by Crippen LogP contribution is -2.51. The number of nitrogens with one attached hydrogen (secondary N) is 1. The molecule has 3 rings (SSSR count). The fourth-order valence-corrected chi connectivity index (χ4v) is 3.00. The first-order chi connectivity index (χ1) is 13.0. The molecule has 2 heterocycles. The van der Waals surface area contributed by atoms with Crippen molar-refractivity contribution in [2.45, 2.75) is 37.6 Å². The van der Waals surface area contributed by atoms with E-state index < -0.39 is 47.2 Å². The van der Waals surface area contributed by atoms with E-state index >= 15 is 0 Å². The highest BCUT2D eigenvalue weighted by atomic mass is 19.2. The van der Waals surface area contributed by atoms with Gasteiger partial charge in [0.05, 0.1) is 6.20 Å². The summed E-state index contributed by atoms with van der Waals surface area (Å²) in [4.78, 5) is 19.8. The normalized spacial score (nSPS) is 27.2. The van der Waals surface area contributed by atoms with Gasteiger partial charge in [-0.25, -0.2) is 22.5 Å². The summed E-state index contributed by atoms with van der Waals surface area (Å²) in [5, 5.41) is 2.48. The first-order valence-corrected chi connectivity index (χ1v) is 8.44. The molecule has 148 valence electrons. The number of nitrogens with two attached hydrogens (primary N) is 1. The van der Waals surface area contributed by atoms with E-state index in [2.05, 4.69) is 15.3 Å². The van der Waals surface area contributed by atoms with Crippen molar-refractivity contribution in [3.8, 4) is 0 Å². The number of anilines is 1. The first-order valence-electron chi connectivity index (χ1n) is 8.44. The molecule has 28 heavy (non-hydrogen) atoms. The number of pyridine rings is 1. The van der Waals surface area contributed by atoms with Crippen LogP contribution in [-0.4, -0.2) is 28.6 Å². The topological polar surface area (TPSA) is 80.4 Å². The van der Waals surface area contributed by atoms with Gasteiger partial charge >= 0.3 is 0 Å². The maximum atomic E-state index is 14.8. The van der Waals surface area contributed by atoms with Gasteiger partial charge in [0.15, 0.2) is 5.67 Å². The Morgan fingerprint density at radius 2 is 1.96 bits per heavy atom. The third kappa shape index (κ3) is 3.56. The second-order valence-corrected chi connectivity index (χ2v) is 7.02. The van der Waals surface area contributed by atoms with E-state index in [9.17, 15) is 22.4 Å². The summed E-state index contributed by atoms with van der Waals surface area (Å²) in [7, 11) is 0. The monoisotopic (exact) mass is 394 g/mol. The van der Waals surface area contributed by atoms with Crippen LogP contribution in [0.4, 0.5) is 23.2 Å². The molecular weight excluding hydrogens is 376 g/mol. The van der Waals surface area contributed by atoms with Crippen molar-refractivity contribution >= 4 is 17.4 Å². The molecule has 5 nitrogen and oxygen atoms in total. The molecule has 1 aromatic heterocycles. The number of benzene rings is 1. The Balaban J connectivity index is 1.95. The number of aliphatic imine (C=N–C) groups is 1. The van der Waals surface area contributed by atoms with Crippen LogP contribution < -0.4 is 11.1 Å². The van der Waals surface area contributed by atoms with E-state index in [-0.39, 0.29) is 16.9 Å². The summed E-state index contributed by atoms with van der Waals surface area (Å²) < 4.78 is 56.4. The van der Waals surface area contributed by atoms with Gasteiger partial charge in [0.2, 0.25) is 0 Å². The predicted molar refractivity (Wildman–Crippen MR) is 96.5 cm³/mol. The number of rotatable bonds is 3. The fourth-order valence-electron chi connectivity index (χ4n) is 3.00. The molecule has 2 aromatic rings. The SMILES string of the molecule is C[C@@]1(F)C[C@H](F)[C@@](C)(c2cc(NC(=O)c3ccc(F)cn3)ccc2F)N=C1N. The highest BCUT2D eigenvalue weighted by molar-refractivity contribution is 6.02. The largest absolute Gasteiger partial charge is 0.385 e. The van der Waals surface area contributed by atoms with E-state index in [1.54, 1.807) is 0 Å². The maximum Gasteiger partial charge on any atom is 0.274 e. The first kappa shape index (κ1) is 19.8. The van der Waals surface area contributed by atoms with Crippen LogP contribution in [-0.2, 0) is 5.54 Å². The maximum absolute atomic E-state index is 14.8. The van der Waals surface area contributed by atoms with E-state index in [4.69, 9.17) is 5.73 Å².